The molecule has 0 aromatic heterocycles. The van der Waals surface area contributed by atoms with Crippen LogP contribution in [0.1, 0.15) is 20.7 Å². The monoisotopic (exact) mass is 658 g/mol. The number of ether oxygens (including phenoxy) is 1. The Hall–Kier alpha value is -4.45. The second-order valence-corrected chi connectivity index (χ2v) is 8.87. The number of benzene rings is 4. The Morgan fingerprint density at radius 3 is 1.79 bits per heavy atom. The molecule has 6 nitrogen and oxygen atoms in total. The topological polar surface area (TPSA) is 72.3 Å². The van der Waals surface area contributed by atoms with Gasteiger partial charge in [-0.3, -0.25) is 9.59 Å². The molecule has 0 heterocycles. The Morgan fingerprint density at radius 1 is 0.744 bits per heavy atom. The molecule has 0 atom stereocenters. The quantitative estimate of drug-likeness (QED) is 0.175. The molecule has 0 unspecified atom stereocenters. The lowest BCUT2D eigenvalue weighted by molar-refractivity contribution is 0.111. The molecule has 39 heavy (non-hydrogen) atoms. The summed E-state index contributed by atoms with van der Waals surface area (Å²) in [6.07, 6.45) is 1.13. The number of hydrogen-bond donors (Lipinski definition) is 1. The fraction of sp³-hybridized carbons (Fsp3) is 0. The summed E-state index contributed by atoms with van der Waals surface area (Å²) in [4.78, 5) is 27.3. The smallest absolute Gasteiger partial charge is 0.193 e. The van der Waals surface area contributed by atoms with Crippen LogP contribution in [0.4, 0.5) is 24.5 Å². The standard InChI is InChI=1S/C14H7BrFNO2.C7H4BrFO.C7H4FNO/c1-17-10-5-9(16)6-11(7-10)19-14-4-2-3-13(15)12(14)8-18;8-6-2-1-3-7(9)5(6)4-10;1-9-6-2-5(8)3-7(10)4-6/h2-8H;1-4H;2-4,10H. The number of halogens is 5. The van der Waals surface area contributed by atoms with Crippen molar-refractivity contribution in [3.63, 3.8) is 0 Å². The van der Waals surface area contributed by atoms with Crippen molar-refractivity contribution in [2.45, 2.75) is 0 Å². The number of aldehydes is 2. The molecule has 4 rings (SSSR count). The number of nitrogens with zero attached hydrogens (tertiary/aromatic N) is 2. The average Bonchev–Trinajstić information content (AvgIpc) is 2.89. The molecular weight excluding hydrogens is 645 g/mol. The lowest BCUT2D eigenvalue weighted by Crippen LogP contribution is -1.92. The van der Waals surface area contributed by atoms with Crippen molar-refractivity contribution in [3.05, 3.63) is 133 Å². The second-order valence-electron chi connectivity index (χ2n) is 7.16. The first kappa shape index (κ1) is 30.8. The van der Waals surface area contributed by atoms with Crippen LogP contribution >= 0.6 is 31.9 Å². The predicted molar refractivity (Wildman–Crippen MR) is 146 cm³/mol. The zero-order valence-electron chi connectivity index (χ0n) is 19.5. The lowest BCUT2D eigenvalue weighted by atomic mass is 10.2. The minimum atomic E-state index is -0.592. The van der Waals surface area contributed by atoms with E-state index in [4.69, 9.17) is 23.0 Å². The molecule has 0 saturated heterocycles. The zero-order chi connectivity index (χ0) is 28.9. The number of rotatable bonds is 4. The Kier molecular flexibility index (Phi) is 11.9. The molecule has 0 aliphatic rings. The highest BCUT2D eigenvalue weighted by atomic mass is 79.9. The molecule has 1 N–H and O–H groups in total. The fourth-order valence-corrected chi connectivity index (χ4v) is 3.64. The Bertz CT molecular complexity index is 1540. The van der Waals surface area contributed by atoms with Crippen LogP contribution in [0.25, 0.3) is 9.69 Å². The van der Waals surface area contributed by atoms with Crippen LogP contribution in [0.2, 0.25) is 0 Å². The van der Waals surface area contributed by atoms with Gasteiger partial charge in [-0.05, 0) is 80.4 Å². The Balaban J connectivity index is 0.000000225. The summed E-state index contributed by atoms with van der Waals surface area (Å²) in [6, 6.07) is 16.3. The zero-order valence-corrected chi connectivity index (χ0v) is 22.7. The molecule has 0 spiro atoms. The van der Waals surface area contributed by atoms with Gasteiger partial charge in [-0.1, -0.05) is 12.1 Å². The molecule has 0 fully saturated rings. The highest BCUT2D eigenvalue weighted by molar-refractivity contribution is 9.10. The van der Waals surface area contributed by atoms with Crippen molar-refractivity contribution < 1.29 is 32.6 Å². The number of carbonyl (C=O) groups is 2. The van der Waals surface area contributed by atoms with E-state index in [1.54, 1.807) is 24.3 Å². The molecule has 0 aliphatic heterocycles. The van der Waals surface area contributed by atoms with E-state index < -0.39 is 17.5 Å². The van der Waals surface area contributed by atoms with E-state index in [2.05, 4.69) is 41.5 Å². The van der Waals surface area contributed by atoms with Gasteiger partial charge in [-0.2, -0.15) is 0 Å². The summed E-state index contributed by atoms with van der Waals surface area (Å²) in [6.45, 7) is 13.4. The summed E-state index contributed by atoms with van der Waals surface area (Å²) < 4.78 is 44.7. The van der Waals surface area contributed by atoms with E-state index in [0.717, 1.165) is 24.3 Å². The number of phenolic OH excluding ortho intramolecular Hbond substituents is 1. The maximum Gasteiger partial charge on any atom is 0.193 e. The van der Waals surface area contributed by atoms with Gasteiger partial charge in [0.2, 0.25) is 0 Å². The van der Waals surface area contributed by atoms with Crippen LogP contribution in [0.5, 0.6) is 17.2 Å². The highest BCUT2D eigenvalue weighted by Crippen LogP contribution is 2.31. The van der Waals surface area contributed by atoms with Crippen molar-refractivity contribution in [2.75, 3.05) is 0 Å². The number of hydrogen-bond acceptors (Lipinski definition) is 4. The van der Waals surface area contributed by atoms with Gasteiger partial charge in [0, 0.05) is 21.1 Å². The molecule has 0 amide bonds. The van der Waals surface area contributed by atoms with Crippen molar-refractivity contribution in [2.24, 2.45) is 0 Å². The van der Waals surface area contributed by atoms with Gasteiger partial charge in [-0.15, -0.1) is 0 Å². The van der Waals surface area contributed by atoms with Crippen molar-refractivity contribution in [1.82, 2.24) is 0 Å². The summed E-state index contributed by atoms with van der Waals surface area (Å²) in [5, 5.41) is 8.74. The van der Waals surface area contributed by atoms with Gasteiger partial charge in [-0.25, -0.2) is 22.9 Å². The van der Waals surface area contributed by atoms with Crippen molar-refractivity contribution >= 4 is 55.8 Å². The molecule has 0 radical (unpaired) electrons. The van der Waals surface area contributed by atoms with Gasteiger partial charge in [0.05, 0.1) is 24.3 Å². The van der Waals surface area contributed by atoms with Crippen molar-refractivity contribution in [3.8, 4) is 17.2 Å². The van der Waals surface area contributed by atoms with Crippen LogP contribution in [-0.4, -0.2) is 17.7 Å². The summed E-state index contributed by atoms with van der Waals surface area (Å²) >= 11 is 6.27. The highest BCUT2D eigenvalue weighted by Gasteiger charge is 2.09. The van der Waals surface area contributed by atoms with Crippen LogP contribution in [0.15, 0.2) is 81.7 Å². The van der Waals surface area contributed by atoms with E-state index in [-0.39, 0.29) is 28.4 Å². The molecule has 0 bridgehead atoms. The van der Waals surface area contributed by atoms with E-state index >= 15 is 0 Å². The fourth-order valence-electron chi connectivity index (χ4n) is 2.77. The third-order valence-electron chi connectivity index (χ3n) is 4.46. The third kappa shape index (κ3) is 9.42. The lowest BCUT2D eigenvalue weighted by Gasteiger charge is -2.09. The molecule has 196 valence electrons. The van der Waals surface area contributed by atoms with E-state index in [9.17, 15) is 22.8 Å². The molecule has 4 aromatic rings. The summed E-state index contributed by atoms with van der Waals surface area (Å²) in [7, 11) is 0. The van der Waals surface area contributed by atoms with E-state index in [1.165, 1.54) is 24.3 Å². The third-order valence-corrected chi connectivity index (χ3v) is 5.84. The minimum absolute atomic E-state index is 0.0718. The largest absolute Gasteiger partial charge is 0.509 e. The second kappa shape index (κ2) is 15.1. The molecule has 0 saturated carbocycles. The Morgan fingerprint density at radius 2 is 1.28 bits per heavy atom. The number of phenols is 1. The van der Waals surface area contributed by atoms with Crippen LogP contribution < -0.4 is 4.74 Å². The summed E-state index contributed by atoms with van der Waals surface area (Å²) in [5.74, 6) is -1.40. The average molecular weight is 660 g/mol. The van der Waals surface area contributed by atoms with Gasteiger partial charge in [0.25, 0.3) is 0 Å². The SMILES string of the molecule is O=Cc1c(F)cccc1Br.[C-]#[N+]c1cc(F)cc(Oc2cccc(Br)c2C=O)c1.[C-]#[N+]c1cc(O)cc(F)c1. The first-order valence-corrected chi connectivity index (χ1v) is 12.1. The maximum absolute atomic E-state index is 13.3. The van der Waals surface area contributed by atoms with Crippen LogP contribution in [0, 0.1) is 30.6 Å². The molecule has 11 heteroatoms. The van der Waals surface area contributed by atoms with Gasteiger partial charge >= 0.3 is 0 Å². The molecule has 4 aromatic carbocycles. The first-order chi connectivity index (χ1) is 18.6. The van der Waals surface area contributed by atoms with Crippen LogP contribution in [-0.2, 0) is 0 Å². The van der Waals surface area contributed by atoms with Gasteiger partial charge in [0.1, 0.15) is 34.7 Å². The van der Waals surface area contributed by atoms with Crippen molar-refractivity contribution in [1.29, 1.82) is 0 Å². The predicted octanol–water partition coefficient (Wildman–Crippen LogP) is 9.23. The summed E-state index contributed by atoms with van der Waals surface area (Å²) in [5.41, 5.74) is 0.647. The molecular formula is C28H15Br2F3N2O4. The van der Waals surface area contributed by atoms with E-state index in [1.807, 2.05) is 0 Å². The normalized spacial score (nSPS) is 9.41. The van der Waals surface area contributed by atoms with Crippen LogP contribution in [0.3, 0.4) is 0 Å². The van der Waals surface area contributed by atoms with Gasteiger partial charge < -0.3 is 9.84 Å². The van der Waals surface area contributed by atoms with Gasteiger partial charge in [0.15, 0.2) is 23.9 Å². The molecule has 0 aliphatic carbocycles. The number of aromatic hydroxyl groups is 1. The minimum Gasteiger partial charge on any atom is -0.509 e. The first-order valence-electron chi connectivity index (χ1n) is 10.5. The maximum atomic E-state index is 13.3. The Labute approximate surface area is 238 Å². The number of carbonyl (C=O) groups excluding carboxylic acids is 2. The van der Waals surface area contributed by atoms with E-state index in [0.29, 0.717) is 32.8 Å².